The van der Waals surface area contributed by atoms with Crippen LogP contribution in [-0.2, 0) is 35.4 Å². The van der Waals surface area contributed by atoms with E-state index in [0.29, 0.717) is 43.6 Å². The molecular formula is C37H42F6N2O5. The van der Waals surface area contributed by atoms with Crippen molar-refractivity contribution in [3.05, 3.63) is 94.0 Å². The number of carbonyl (C=O) groups excluding carboxylic acids is 2. The first-order chi connectivity index (χ1) is 23.5. The van der Waals surface area contributed by atoms with E-state index in [9.17, 15) is 41.0 Å². The Morgan fingerprint density at radius 2 is 1.38 bits per heavy atom. The number of amides is 3. The SMILES string of the molecule is CCCc1cc(C(O)(C(F)(F)F)C(F)(F)F)cc(CCC)c1OCCCCN1C(=O)NC(C)(c2ccc(OCc3ccc(C)cc3)cc2)C1=O. The lowest BCUT2D eigenvalue weighted by atomic mass is 9.87. The lowest BCUT2D eigenvalue weighted by molar-refractivity contribution is -0.376. The van der Waals surface area contributed by atoms with Crippen LogP contribution in [-0.4, -0.2) is 47.4 Å². The fraction of sp³-hybridized carbons (Fsp3) is 0.459. The topological polar surface area (TPSA) is 88.1 Å². The van der Waals surface area contributed by atoms with Crippen molar-refractivity contribution in [3.8, 4) is 11.5 Å². The Balaban J connectivity index is 1.39. The summed E-state index contributed by atoms with van der Waals surface area (Å²) < 4.78 is 93.9. The van der Waals surface area contributed by atoms with Crippen molar-refractivity contribution in [1.82, 2.24) is 10.2 Å². The van der Waals surface area contributed by atoms with Crippen molar-refractivity contribution in [2.24, 2.45) is 0 Å². The maximum atomic E-state index is 13.7. The summed E-state index contributed by atoms with van der Waals surface area (Å²) in [5.41, 5.74) is -4.68. The Bertz CT molecular complexity index is 1600. The van der Waals surface area contributed by atoms with Crippen molar-refractivity contribution in [2.75, 3.05) is 13.2 Å². The molecule has 2 N–H and O–H groups in total. The average Bonchev–Trinajstić information content (AvgIpc) is 3.27. The zero-order valence-corrected chi connectivity index (χ0v) is 28.4. The van der Waals surface area contributed by atoms with E-state index >= 15 is 0 Å². The molecular weight excluding hydrogens is 666 g/mol. The Labute approximate surface area is 287 Å². The van der Waals surface area contributed by atoms with Crippen LogP contribution in [0.1, 0.15) is 79.8 Å². The summed E-state index contributed by atoms with van der Waals surface area (Å²) in [5, 5.41) is 12.8. The van der Waals surface area contributed by atoms with Crippen LogP contribution in [0.2, 0.25) is 0 Å². The minimum absolute atomic E-state index is 0.0283. The molecule has 1 aliphatic heterocycles. The lowest BCUT2D eigenvalue weighted by Crippen LogP contribution is -2.54. The highest BCUT2D eigenvalue weighted by atomic mass is 19.4. The van der Waals surface area contributed by atoms with Crippen LogP contribution >= 0.6 is 0 Å². The van der Waals surface area contributed by atoms with Crippen molar-refractivity contribution in [2.45, 2.75) is 96.3 Å². The van der Waals surface area contributed by atoms with E-state index in [4.69, 9.17) is 9.47 Å². The number of aliphatic hydroxyl groups is 1. The molecule has 7 nitrogen and oxygen atoms in total. The highest BCUT2D eigenvalue weighted by Gasteiger charge is 2.71. The summed E-state index contributed by atoms with van der Waals surface area (Å²) >= 11 is 0. The molecule has 3 aromatic rings. The number of imide groups is 1. The number of nitrogens with zero attached hydrogens (tertiary/aromatic N) is 1. The van der Waals surface area contributed by atoms with E-state index in [0.717, 1.165) is 28.2 Å². The summed E-state index contributed by atoms with van der Waals surface area (Å²) in [7, 11) is 0. The Morgan fingerprint density at radius 1 is 0.820 bits per heavy atom. The second-order valence-electron chi connectivity index (χ2n) is 12.7. The van der Waals surface area contributed by atoms with E-state index in [-0.39, 0.29) is 42.9 Å². The van der Waals surface area contributed by atoms with Crippen LogP contribution in [0.25, 0.3) is 0 Å². The summed E-state index contributed by atoms with van der Waals surface area (Å²) in [4.78, 5) is 27.4. The van der Waals surface area contributed by atoms with Gasteiger partial charge in [0.25, 0.3) is 11.5 Å². The van der Waals surface area contributed by atoms with E-state index < -0.39 is 41.0 Å². The smallest absolute Gasteiger partial charge is 0.430 e. The molecule has 3 aromatic carbocycles. The van der Waals surface area contributed by atoms with Gasteiger partial charge in [-0.15, -0.1) is 0 Å². The Hall–Kier alpha value is -4.26. The van der Waals surface area contributed by atoms with Gasteiger partial charge in [0.1, 0.15) is 23.6 Å². The second kappa shape index (κ2) is 15.3. The maximum absolute atomic E-state index is 13.7. The molecule has 3 amide bonds. The highest BCUT2D eigenvalue weighted by molar-refractivity contribution is 6.07. The van der Waals surface area contributed by atoms with Crippen LogP contribution in [0, 0.1) is 6.92 Å². The number of carbonyl (C=O) groups is 2. The number of halogens is 6. The number of hydrogen-bond acceptors (Lipinski definition) is 5. The molecule has 1 aliphatic rings. The van der Waals surface area contributed by atoms with Crippen molar-refractivity contribution >= 4 is 11.9 Å². The van der Waals surface area contributed by atoms with Gasteiger partial charge in [0.15, 0.2) is 0 Å². The zero-order valence-electron chi connectivity index (χ0n) is 28.4. The number of ether oxygens (including phenoxy) is 2. The fourth-order valence-corrected chi connectivity index (χ4v) is 5.92. The normalized spacial score (nSPS) is 16.9. The first-order valence-corrected chi connectivity index (χ1v) is 16.5. The van der Waals surface area contributed by atoms with Gasteiger partial charge in [0.2, 0.25) is 0 Å². The van der Waals surface area contributed by atoms with Gasteiger partial charge in [0, 0.05) is 12.1 Å². The van der Waals surface area contributed by atoms with E-state index in [2.05, 4.69) is 5.32 Å². The molecule has 0 radical (unpaired) electrons. The minimum Gasteiger partial charge on any atom is -0.493 e. The molecule has 1 unspecified atom stereocenters. The lowest BCUT2D eigenvalue weighted by Gasteiger charge is -2.33. The van der Waals surface area contributed by atoms with Crippen molar-refractivity contribution < 1.29 is 50.5 Å². The van der Waals surface area contributed by atoms with Gasteiger partial charge < -0.3 is 19.9 Å². The zero-order chi connectivity index (χ0) is 36.9. The summed E-state index contributed by atoms with van der Waals surface area (Å²) in [6.07, 6.45) is -10.3. The third-order valence-electron chi connectivity index (χ3n) is 8.77. The van der Waals surface area contributed by atoms with Gasteiger partial charge in [-0.2, -0.15) is 26.3 Å². The van der Waals surface area contributed by atoms with Gasteiger partial charge >= 0.3 is 18.4 Å². The molecule has 0 saturated carbocycles. The third kappa shape index (κ3) is 8.03. The van der Waals surface area contributed by atoms with E-state index in [1.165, 1.54) is 0 Å². The molecule has 1 atom stereocenters. The fourth-order valence-electron chi connectivity index (χ4n) is 5.92. The van der Waals surface area contributed by atoms with Crippen LogP contribution in [0.5, 0.6) is 11.5 Å². The third-order valence-corrected chi connectivity index (χ3v) is 8.77. The minimum atomic E-state index is -6.00. The Kier molecular flexibility index (Phi) is 11.8. The van der Waals surface area contributed by atoms with Crippen LogP contribution < -0.4 is 14.8 Å². The monoisotopic (exact) mass is 708 g/mol. The number of nitrogens with one attached hydrogen (secondary N) is 1. The molecule has 0 spiro atoms. The van der Waals surface area contributed by atoms with Gasteiger partial charge in [-0.3, -0.25) is 9.69 Å². The number of rotatable bonds is 15. The van der Waals surface area contributed by atoms with Gasteiger partial charge in [-0.25, -0.2) is 4.79 Å². The van der Waals surface area contributed by atoms with Crippen molar-refractivity contribution in [3.63, 3.8) is 0 Å². The first kappa shape index (κ1) is 38.5. The van der Waals surface area contributed by atoms with E-state index in [1.807, 2.05) is 31.2 Å². The standard InChI is InChI=1S/C37H42F6N2O5/c1-5-9-26-21-29(35(48,36(38,39)40)37(41,42)43)22-27(10-6-2)31(26)49-20-8-7-19-45-32(46)34(4,44-33(45)47)28-15-17-30(18-16-28)50-23-25-13-11-24(3)12-14-25/h11-18,21-22,48H,5-10,19-20,23H2,1-4H3,(H,44,47). The molecule has 0 aliphatic carbocycles. The highest BCUT2D eigenvalue weighted by Crippen LogP contribution is 2.51. The summed E-state index contributed by atoms with van der Waals surface area (Å²) in [6, 6.07) is 15.7. The number of benzene rings is 3. The number of unbranched alkanes of at least 4 members (excludes halogenated alkanes) is 1. The molecule has 1 saturated heterocycles. The number of aryl methyl sites for hydroxylation is 3. The quantitative estimate of drug-likeness (QED) is 0.0941. The second-order valence-corrected chi connectivity index (χ2v) is 12.7. The predicted octanol–water partition coefficient (Wildman–Crippen LogP) is 8.42. The average molecular weight is 709 g/mol. The van der Waals surface area contributed by atoms with Gasteiger partial charge in [0.05, 0.1) is 6.61 Å². The molecule has 272 valence electrons. The molecule has 4 rings (SSSR count). The molecule has 1 fully saturated rings. The van der Waals surface area contributed by atoms with Gasteiger partial charge in [-0.05, 0) is 86.1 Å². The van der Waals surface area contributed by atoms with Crippen LogP contribution in [0.15, 0.2) is 60.7 Å². The number of urea groups is 1. The van der Waals surface area contributed by atoms with Crippen LogP contribution in [0.4, 0.5) is 31.1 Å². The van der Waals surface area contributed by atoms with Crippen LogP contribution in [0.3, 0.4) is 0 Å². The Morgan fingerprint density at radius 3 is 1.90 bits per heavy atom. The van der Waals surface area contributed by atoms with Gasteiger partial charge in [-0.1, -0.05) is 68.7 Å². The molecule has 1 heterocycles. The number of alkyl halides is 6. The van der Waals surface area contributed by atoms with Crippen molar-refractivity contribution in [1.29, 1.82) is 0 Å². The summed E-state index contributed by atoms with van der Waals surface area (Å²) in [6.45, 7) is 7.52. The largest absolute Gasteiger partial charge is 0.493 e. The first-order valence-electron chi connectivity index (χ1n) is 16.5. The maximum Gasteiger partial charge on any atom is 0.430 e. The molecule has 50 heavy (non-hydrogen) atoms. The molecule has 13 heteroatoms. The van der Waals surface area contributed by atoms with E-state index in [1.54, 1.807) is 45.0 Å². The number of hydrogen-bond donors (Lipinski definition) is 2. The summed E-state index contributed by atoms with van der Waals surface area (Å²) in [5.74, 6) is 0.337. The molecule has 0 bridgehead atoms. The predicted molar refractivity (Wildman–Crippen MR) is 175 cm³/mol. The molecule has 0 aromatic heterocycles.